The number of carbonyl (C=O) groups excluding carboxylic acids is 1. The van der Waals surface area contributed by atoms with Crippen LogP contribution in [0, 0.1) is 22.7 Å². The molecule has 0 spiro atoms. The molecular weight excluding hydrogens is 445 g/mol. The van der Waals surface area contributed by atoms with Crippen LogP contribution in [0.25, 0.3) is 0 Å². The van der Waals surface area contributed by atoms with Gasteiger partial charge in [-0.2, -0.15) is 21.6 Å². The highest BCUT2D eigenvalue weighted by molar-refractivity contribution is 7.85. The minimum absolute atomic E-state index is 0.0557. The monoisotopic (exact) mass is 472 g/mol. The summed E-state index contributed by atoms with van der Waals surface area (Å²) in [6, 6.07) is 8.79. The number of benzene rings is 1. The van der Waals surface area contributed by atoms with Gasteiger partial charge in [0.25, 0.3) is 10.1 Å². The van der Waals surface area contributed by atoms with Gasteiger partial charge in [0.05, 0.1) is 13.2 Å². The molecule has 1 aromatic rings. The predicted octanol–water partition coefficient (Wildman–Crippen LogP) is 4.78. The number of esters is 1. The van der Waals surface area contributed by atoms with Gasteiger partial charge in [-0.3, -0.25) is 4.18 Å². The second kappa shape index (κ2) is 8.17. The van der Waals surface area contributed by atoms with Gasteiger partial charge in [0.2, 0.25) is 0 Å². The van der Waals surface area contributed by atoms with Gasteiger partial charge in [0.15, 0.2) is 0 Å². The topological polar surface area (TPSA) is 69.7 Å². The smallest absolute Gasteiger partial charge is 0.422 e. The van der Waals surface area contributed by atoms with Crippen molar-refractivity contribution in [1.29, 1.82) is 0 Å². The van der Waals surface area contributed by atoms with Gasteiger partial charge in [-0.05, 0) is 61.3 Å². The number of hydrogen-bond donors (Lipinski definition) is 0. The molecule has 4 fully saturated rings. The van der Waals surface area contributed by atoms with Crippen LogP contribution in [0.3, 0.4) is 0 Å². The van der Waals surface area contributed by atoms with E-state index in [-0.39, 0.29) is 24.4 Å². The third-order valence-electron chi connectivity index (χ3n) is 7.13. The standard InChI is InChI=1S/C23H27F3O5S/c1-16(23(24,25)26)20(27)30-14-21-8-18-7-19(9-21)11-22(10-18,13-21)15-31-32(28,29)12-17-5-3-2-4-6-17/h2-6,18-19H,1,7-15H2. The van der Waals surface area contributed by atoms with E-state index in [0.29, 0.717) is 23.8 Å². The van der Waals surface area contributed by atoms with Crippen molar-refractivity contribution in [3.63, 3.8) is 0 Å². The fraction of sp³-hybridized carbons (Fsp3) is 0.609. The van der Waals surface area contributed by atoms with Crippen LogP contribution >= 0.6 is 0 Å². The van der Waals surface area contributed by atoms with E-state index in [4.69, 9.17) is 8.92 Å². The summed E-state index contributed by atoms with van der Waals surface area (Å²) in [5.41, 5.74) is -1.65. The Morgan fingerprint density at radius 3 is 2.16 bits per heavy atom. The van der Waals surface area contributed by atoms with Crippen molar-refractivity contribution in [2.45, 2.75) is 50.5 Å². The highest BCUT2D eigenvalue weighted by Crippen LogP contribution is 2.65. The molecule has 9 heteroatoms. The van der Waals surface area contributed by atoms with Crippen LogP contribution in [0.2, 0.25) is 0 Å². The average Bonchev–Trinajstić information content (AvgIpc) is 2.69. The lowest BCUT2D eigenvalue weighted by molar-refractivity contribution is -0.171. The summed E-state index contributed by atoms with van der Waals surface area (Å²) in [4.78, 5) is 11.8. The van der Waals surface area contributed by atoms with Crippen LogP contribution in [0.1, 0.15) is 44.1 Å². The number of halogens is 3. The normalized spacial score (nSPS) is 31.5. The minimum Gasteiger partial charge on any atom is -0.462 e. The molecule has 0 aliphatic heterocycles. The third-order valence-corrected chi connectivity index (χ3v) is 8.30. The van der Waals surface area contributed by atoms with Crippen LogP contribution in [-0.2, 0) is 29.6 Å². The quantitative estimate of drug-likeness (QED) is 0.309. The lowest BCUT2D eigenvalue weighted by atomic mass is 9.44. The van der Waals surface area contributed by atoms with Crippen LogP contribution in [0.15, 0.2) is 42.5 Å². The SMILES string of the molecule is C=C(C(=O)OCC12CC3CC(C1)CC(COS(=O)(=O)Cc1ccccc1)(C3)C2)C(F)(F)F. The van der Waals surface area contributed by atoms with Crippen molar-refractivity contribution in [2.75, 3.05) is 13.2 Å². The Bertz CT molecular complexity index is 973. The molecule has 2 unspecified atom stereocenters. The maximum Gasteiger partial charge on any atom is 0.422 e. The van der Waals surface area contributed by atoms with E-state index in [2.05, 4.69) is 6.58 Å². The number of alkyl halides is 3. The highest BCUT2D eigenvalue weighted by atomic mass is 32.2. The van der Waals surface area contributed by atoms with Crippen LogP contribution < -0.4 is 0 Å². The van der Waals surface area contributed by atoms with E-state index < -0.39 is 33.3 Å². The molecule has 176 valence electrons. The zero-order chi connectivity index (χ0) is 23.2. The Balaban J connectivity index is 1.42. The van der Waals surface area contributed by atoms with E-state index >= 15 is 0 Å². The first-order valence-electron chi connectivity index (χ1n) is 10.7. The first-order valence-corrected chi connectivity index (χ1v) is 12.3. The van der Waals surface area contributed by atoms with Gasteiger partial charge in [0, 0.05) is 5.41 Å². The molecule has 0 aromatic heterocycles. The summed E-state index contributed by atoms with van der Waals surface area (Å²) in [5, 5.41) is 0. The van der Waals surface area contributed by atoms with Crippen LogP contribution in [0.4, 0.5) is 13.2 Å². The number of hydrogen-bond acceptors (Lipinski definition) is 5. The molecule has 1 aromatic carbocycles. The summed E-state index contributed by atoms with van der Waals surface area (Å²) in [6.07, 6.45) is -0.0178. The molecular formula is C23H27F3O5S. The lowest BCUT2D eigenvalue weighted by Gasteiger charge is -2.61. The molecule has 0 saturated heterocycles. The molecule has 4 aliphatic carbocycles. The Hall–Kier alpha value is -1.87. The Kier molecular flexibility index (Phi) is 5.94. The fourth-order valence-corrected chi connectivity index (χ4v) is 7.56. The zero-order valence-corrected chi connectivity index (χ0v) is 18.5. The van der Waals surface area contributed by atoms with Crippen molar-refractivity contribution in [3.8, 4) is 0 Å². The van der Waals surface area contributed by atoms with Gasteiger partial charge in [-0.15, -0.1) is 0 Å². The molecule has 2 atom stereocenters. The van der Waals surface area contributed by atoms with Crippen LogP contribution in [0.5, 0.6) is 0 Å². The molecule has 5 rings (SSSR count). The molecule has 32 heavy (non-hydrogen) atoms. The van der Waals surface area contributed by atoms with Gasteiger partial charge >= 0.3 is 12.1 Å². The maximum atomic E-state index is 12.7. The Morgan fingerprint density at radius 1 is 1.03 bits per heavy atom. The van der Waals surface area contributed by atoms with Gasteiger partial charge in [-0.1, -0.05) is 36.9 Å². The molecule has 0 radical (unpaired) electrons. The molecule has 0 amide bonds. The molecule has 0 heterocycles. The first kappa shape index (κ1) is 23.3. The number of ether oxygens (including phenoxy) is 1. The van der Waals surface area contributed by atoms with E-state index in [1.54, 1.807) is 24.3 Å². The largest absolute Gasteiger partial charge is 0.462 e. The summed E-state index contributed by atoms with van der Waals surface area (Å²) in [7, 11) is -3.77. The predicted molar refractivity (Wildman–Crippen MR) is 111 cm³/mol. The lowest BCUT2D eigenvalue weighted by Crippen LogP contribution is -2.55. The average molecular weight is 473 g/mol. The van der Waals surface area contributed by atoms with Crippen molar-refractivity contribution in [3.05, 3.63) is 48.0 Å². The second-order valence-corrected chi connectivity index (χ2v) is 11.6. The van der Waals surface area contributed by atoms with Gasteiger partial charge in [-0.25, -0.2) is 4.79 Å². The minimum atomic E-state index is -4.82. The zero-order valence-electron chi connectivity index (χ0n) is 17.7. The molecule has 4 bridgehead atoms. The highest BCUT2D eigenvalue weighted by Gasteiger charge is 2.58. The fourth-order valence-electron chi connectivity index (χ4n) is 6.44. The van der Waals surface area contributed by atoms with E-state index in [0.717, 1.165) is 32.1 Å². The van der Waals surface area contributed by atoms with Gasteiger partial charge in [0.1, 0.15) is 11.3 Å². The van der Waals surface area contributed by atoms with E-state index in [1.165, 1.54) is 0 Å². The number of rotatable bonds is 8. The summed E-state index contributed by atoms with van der Waals surface area (Å²) >= 11 is 0. The van der Waals surface area contributed by atoms with Crippen LogP contribution in [-0.4, -0.2) is 33.8 Å². The maximum absolute atomic E-state index is 12.7. The number of carbonyl (C=O) groups is 1. The Labute approximate surface area is 186 Å². The van der Waals surface area contributed by atoms with Crippen molar-refractivity contribution in [2.24, 2.45) is 22.7 Å². The molecule has 0 N–H and O–H groups in total. The summed E-state index contributed by atoms with van der Waals surface area (Å²) in [6.45, 7) is 2.76. The third kappa shape index (κ3) is 5.03. The molecule has 5 nitrogen and oxygen atoms in total. The van der Waals surface area contributed by atoms with Gasteiger partial charge < -0.3 is 4.74 Å². The molecule has 4 aliphatic rings. The van der Waals surface area contributed by atoms with E-state index in [1.807, 2.05) is 6.07 Å². The van der Waals surface area contributed by atoms with Crippen molar-refractivity contribution in [1.82, 2.24) is 0 Å². The Morgan fingerprint density at radius 2 is 1.59 bits per heavy atom. The first-order chi connectivity index (χ1) is 14.9. The van der Waals surface area contributed by atoms with Crippen molar-refractivity contribution < 1.29 is 35.3 Å². The van der Waals surface area contributed by atoms with Crippen molar-refractivity contribution >= 4 is 16.1 Å². The summed E-state index contributed by atoms with van der Waals surface area (Å²) < 4.78 is 73.9. The molecule has 4 saturated carbocycles. The van der Waals surface area contributed by atoms with E-state index in [9.17, 15) is 26.4 Å². The summed E-state index contributed by atoms with van der Waals surface area (Å²) in [5.74, 6) is -0.981. The second-order valence-electron chi connectivity index (χ2n) is 9.96.